The number of fused-ring (bicyclic) bond motifs is 1. The number of pyridine rings is 1. The Labute approximate surface area is 109 Å². The van der Waals surface area contributed by atoms with Gasteiger partial charge in [-0.3, -0.25) is 0 Å². The van der Waals surface area contributed by atoms with Crippen LogP contribution in [0.1, 0.15) is 11.4 Å². The zero-order valence-corrected chi connectivity index (χ0v) is 11.3. The van der Waals surface area contributed by atoms with Crippen molar-refractivity contribution in [2.75, 3.05) is 11.5 Å². The van der Waals surface area contributed by atoms with E-state index in [2.05, 4.69) is 15.3 Å². The lowest BCUT2D eigenvalue weighted by atomic mass is 10.3. The molecular weight excluding hydrogens is 270 g/mol. The molecule has 96 valence electrons. The maximum Gasteiger partial charge on any atom is 0.151 e. The molecule has 0 bridgehead atoms. The van der Waals surface area contributed by atoms with Crippen LogP contribution in [0.15, 0.2) is 18.3 Å². The van der Waals surface area contributed by atoms with Crippen molar-refractivity contribution < 1.29 is 8.42 Å². The molecule has 5 nitrogen and oxygen atoms in total. The molecule has 0 saturated carbocycles. The van der Waals surface area contributed by atoms with E-state index < -0.39 is 9.84 Å². The molecule has 2 aromatic rings. The highest BCUT2D eigenvalue weighted by Crippen LogP contribution is 2.19. The lowest BCUT2D eigenvalue weighted by Crippen LogP contribution is -2.29. The zero-order chi connectivity index (χ0) is 12.6. The van der Waals surface area contributed by atoms with Gasteiger partial charge in [-0.05, 0) is 18.6 Å². The quantitative estimate of drug-likeness (QED) is 0.908. The maximum absolute atomic E-state index is 11.3. The third-order valence-electron chi connectivity index (χ3n) is 2.99. The van der Waals surface area contributed by atoms with E-state index in [4.69, 9.17) is 0 Å². The Bertz CT molecular complexity index is 633. The Morgan fingerprint density at radius 1 is 1.50 bits per heavy atom. The number of rotatable bonds is 3. The topological polar surface area (TPSA) is 72.0 Å². The molecule has 1 aliphatic heterocycles. The number of sulfone groups is 1. The minimum absolute atomic E-state index is 0.0648. The molecule has 7 heteroatoms. The zero-order valence-electron chi connectivity index (χ0n) is 9.67. The van der Waals surface area contributed by atoms with Crippen LogP contribution in [0.5, 0.6) is 0 Å². The summed E-state index contributed by atoms with van der Waals surface area (Å²) in [4.78, 5) is 9.62. The number of aromatic nitrogens is 2. The average Bonchev–Trinajstić information content (AvgIpc) is 2.89. The lowest BCUT2D eigenvalue weighted by Gasteiger charge is -2.07. The fourth-order valence-electron chi connectivity index (χ4n) is 2.08. The van der Waals surface area contributed by atoms with Gasteiger partial charge in [0.25, 0.3) is 0 Å². The molecule has 0 spiro atoms. The van der Waals surface area contributed by atoms with Crippen LogP contribution >= 0.6 is 11.3 Å². The van der Waals surface area contributed by atoms with E-state index in [0.29, 0.717) is 18.7 Å². The van der Waals surface area contributed by atoms with Gasteiger partial charge >= 0.3 is 0 Å². The van der Waals surface area contributed by atoms with Gasteiger partial charge in [0.1, 0.15) is 15.4 Å². The minimum atomic E-state index is -2.82. The summed E-state index contributed by atoms with van der Waals surface area (Å²) in [5, 5.41) is 4.21. The number of thiazole rings is 1. The van der Waals surface area contributed by atoms with Crippen molar-refractivity contribution in [2.45, 2.75) is 19.0 Å². The Hall–Kier alpha value is -1.05. The van der Waals surface area contributed by atoms with Crippen LogP contribution in [0, 0.1) is 0 Å². The molecule has 1 atom stereocenters. The molecule has 3 rings (SSSR count). The average molecular weight is 283 g/mol. The molecule has 18 heavy (non-hydrogen) atoms. The Morgan fingerprint density at radius 3 is 3.11 bits per heavy atom. The number of nitrogens with one attached hydrogen (secondary N) is 1. The Balaban J connectivity index is 1.67. The second-order valence-electron chi connectivity index (χ2n) is 4.42. The highest BCUT2D eigenvalue weighted by Gasteiger charge is 2.27. The van der Waals surface area contributed by atoms with Gasteiger partial charge in [0.2, 0.25) is 0 Å². The van der Waals surface area contributed by atoms with Crippen LogP contribution in [0.3, 0.4) is 0 Å². The molecule has 0 amide bonds. The second-order valence-corrected chi connectivity index (χ2v) is 7.71. The molecule has 0 aromatic carbocycles. The normalized spacial score (nSPS) is 22.6. The molecule has 1 N–H and O–H groups in total. The third-order valence-corrected chi connectivity index (χ3v) is 5.73. The molecule has 1 saturated heterocycles. The van der Waals surface area contributed by atoms with Crippen LogP contribution in [0.4, 0.5) is 0 Å². The highest BCUT2D eigenvalue weighted by molar-refractivity contribution is 7.91. The SMILES string of the molecule is O=S1(=O)CCC(NCc2nc3cccnc3s2)C1. The van der Waals surface area contributed by atoms with Crippen molar-refractivity contribution in [2.24, 2.45) is 0 Å². The van der Waals surface area contributed by atoms with Gasteiger partial charge in [-0.1, -0.05) is 11.3 Å². The first kappa shape index (κ1) is 12.0. The molecular formula is C11H13N3O2S2. The van der Waals surface area contributed by atoms with Gasteiger partial charge in [0, 0.05) is 18.8 Å². The van der Waals surface area contributed by atoms with E-state index in [1.54, 1.807) is 17.5 Å². The van der Waals surface area contributed by atoms with Crippen LogP contribution in [-0.2, 0) is 16.4 Å². The van der Waals surface area contributed by atoms with Crippen molar-refractivity contribution in [1.82, 2.24) is 15.3 Å². The Kier molecular flexibility index (Phi) is 3.04. The summed E-state index contributed by atoms with van der Waals surface area (Å²) in [7, 11) is -2.82. The molecule has 2 aromatic heterocycles. The van der Waals surface area contributed by atoms with E-state index in [1.165, 1.54) is 0 Å². The second kappa shape index (κ2) is 4.56. The number of hydrogen-bond donors (Lipinski definition) is 1. The van der Waals surface area contributed by atoms with Gasteiger partial charge in [-0.15, -0.1) is 0 Å². The summed E-state index contributed by atoms with van der Waals surface area (Å²) in [5.41, 5.74) is 0.901. The molecule has 0 aliphatic carbocycles. The Morgan fingerprint density at radius 2 is 2.39 bits per heavy atom. The third kappa shape index (κ3) is 2.52. The fourth-order valence-corrected chi connectivity index (χ4v) is 4.64. The van der Waals surface area contributed by atoms with Gasteiger partial charge in [0.15, 0.2) is 9.84 Å². The fraction of sp³-hybridized carbons (Fsp3) is 0.455. The summed E-state index contributed by atoms with van der Waals surface area (Å²) < 4.78 is 22.7. The summed E-state index contributed by atoms with van der Waals surface area (Å²) in [5.74, 6) is 0.544. The molecule has 1 unspecified atom stereocenters. The van der Waals surface area contributed by atoms with E-state index in [9.17, 15) is 8.42 Å². The predicted octanol–water partition coefficient (Wildman–Crippen LogP) is 0.968. The number of nitrogens with zero attached hydrogens (tertiary/aromatic N) is 2. The maximum atomic E-state index is 11.3. The number of hydrogen-bond acceptors (Lipinski definition) is 6. The van der Waals surface area contributed by atoms with Gasteiger partial charge in [-0.2, -0.15) is 0 Å². The predicted molar refractivity (Wildman–Crippen MR) is 71.3 cm³/mol. The van der Waals surface area contributed by atoms with Crippen molar-refractivity contribution in [1.29, 1.82) is 0 Å². The standard InChI is InChI=1S/C11H13N3O2S2/c15-18(16)5-3-8(7-18)13-6-10-14-9-2-1-4-12-11(9)17-10/h1-2,4,8,13H,3,5-7H2. The molecule has 1 fully saturated rings. The first-order chi connectivity index (χ1) is 8.62. The van der Waals surface area contributed by atoms with Crippen LogP contribution in [0.25, 0.3) is 10.3 Å². The molecule has 0 radical (unpaired) electrons. The lowest BCUT2D eigenvalue weighted by molar-refractivity contribution is 0.553. The van der Waals surface area contributed by atoms with Crippen molar-refractivity contribution in [3.8, 4) is 0 Å². The molecule has 1 aliphatic rings. The highest BCUT2D eigenvalue weighted by atomic mass is 32.2. The van der Waals surface area contributed by atoms with Gasteiger partial charge in [0.05, 0.1) is 11.5 Å². The summed E-state index contributed by atoms with van der Waals surface area (Å²) in [6.45, 7) is 0.612. The van der Waals surface area contributed by atoms with Crippen LogP contribution in [-0.4, -0.2) is 35.9 Å². The van der Waals surface area contributed by atoms with Crippen LogP contribution in [0.2, 0.25) is 0 Å². The van der Waals surface area contributed by atoms with E-state index >= 15 is 0 Å². The summed E-state index contributed by atoms with van der Waals surface area (Å²) in [6.07, 6.45) is 2.45. The van der Waals surface area contributed by atoms with Crippen molar-refractivity contribution >= 4 is 31.5 Å². The minimum Gasteiger partial charge on any atom is -0.307 e. The smallest absolute Gasteiger partial charge is 0.151 e. The van der Waals surface area contributed by atoms with Crippen molar-refractivity contribution in [3.05, 3.63) is 23.3 Å². The largest absolute Gasteiger partial charge is 0.307 e. The molecule has 3 heterocycles. The van der Waals surface area contributed by atoms with Crippen LogP contribution < -0.4 is 5.32 Å². The first-order valence-corrected chi connectivity index (χ1v) is 8.40. The summed E-state index contributed by atoms with van der Waals surface area (Å²) in [6, 6.07) is 3.86. The first-order valence-electron chi connectivity index (χ1n) is 5.77. The van der Waals surface area contributed by atoms with Gasteiger partial charge in [-0.25, -0.2) is 18.4 Å². The van der Waals surface area contributed by atoms with E-state index in [1.807, 2.05) is 12.1 Å². The van der Waals surface area contributed by atoms with E-state index in [-0.39, 0.29) is 11.8 Å². The van der Waals surface area contributed by atoms with Gasteiger partial charge < -0.3 is 5.32 Å². The summed E-state index contributed by atoms with van der Waals surface area (Å²) >= 11 is 1.55. The van der Waals surface area contributed by atoms with Crippen molar-refractivity contribution in [3.63, 3.8) is 0 Å². The monoisotopic (exact) mass is 283 g/mol. The van der Waals surface area contributed by atoms with E-state index in [0.717, 1.165) is 15.4 Å².